The predicted molar refractivity (Wildman–Crippen MR) is 75.8 cm³/mol. The van der Waals surface area contributed by atoms with Gasteiger partial charge in [0.25, 0.3) is 0 Å². The van der Waals surface area contributed by atoms with Crippen molar-refractivity contribution in [3.8, 4) is 5.75 Å². The molecule has 1 atom stereocenters. The molecule has 2 aromatic carbocycles. The lowest BCUT2D eigenvalue weighted by Gasteiger charge is -2.13. The molecule has 3 heteroatoms. The lowest BCUT2D eigenvalue weighted by atomic mass is 10.0. The van der Waals surface area contributed by atoms with Gasteiger partial charge in [-0.3, -0.25) is 0 Å². The summed E-state index contributed by atoms with van der Waals surface area (Å²) in [5.74, 6) is 0.793. The molecule has 0 spiro atoms. The Kier molecular flexibility index (Phi) is 4.39. The van der Waals surface area contributed by atoms with Crippen LogP contribution in [0.5, 0.6) is 5.75 Å². The maximum Gasteiger partial charge on any atom is 0.133 e. The van der Waals surface area contributed by atoms with Crippen molar-refractivity contribution in [3.63, 3.8) is 0 Å². The third kappa shape index (κ3) is 2.92. The lowest BCUT2D eigenvalue weighted by molar-refractivity contribution is 0.220. The summed E-state index contributed by atoms with van der Waals surface area (Å²) in [6, 6.07) is 15.2. The van der Waals surface area contributed by atoms with E-state index in [1.165, 1.54) is 0 Å². The van der Waals surface area contributed by atoms with Crippen LogP contribution in [0.4, 0.5) is 0 Å². The Labute approximate surface area is 115 Å². The number of halogens is 1. The second-order valence-corrected chi connectivity index (χ2v) is 4.79. The fourth-order valence-corrected chi connectivity index (χ4v) is 2.30. The normalized spacial score (nSPS) is 12.2. The van der Waals surface area contributed by atoms with Crippen molar-refractivity contribution < 1.29 is 9.84 Å². The van der Waals surface area contributed by atoms with Gasteiger partial charge in [-0.25, -0.2) is 0 Å². The van der Waals surface area contributed by atoms with Crippen LogP contribution in [0, 0.1) is 0 Å². The van der Waals surface area contributed by atoms with Crippen molar-refractivity contribution in [1.29, 1.82) is 0 Å². The summed E-state index contributed by atoms with van der Waals surface area (Å²) in [6.45, 7) is 2.57. The summed E-state index contributed by atoms with van der Waals surface area (Å²) in [6.07, 6.45) is -0.613. The van der Waals surface area contributed by atoms with Gasteiger partial charge in [-0.05, 0) is 46.1 Å². The van der Waals surface area contributed by atoms with Crippen LogP contribution in [-0.2, 0) is 0 Å². The largest absolute Gasteiger partial charge is 0.493 e. The first kappa shape index (κ1) is 13.1. The second-order valence-electron chi connectivity index (χ2n) is 3.94. The molecule has 2 rings (SSSR count). The summed E-state index contributed by atoms with van der Waals surface area (Å²) in [7, 11) is 0. The van der Waals surface area contributed by atoms with Gasteiger partial charge in [-0.2, -0.15) is 0 Å². The van der Waals surface area contributed by atoms with Gasteiger partial charge in [-0.1, -0.05) is 36.4 Å². The van der Waals surface area contributed by atoms with Crippen molar-refractivity contribution in [2.45, 2.75) is 13.0 Å². The Bertz CT molecular complexity index is 511. The molecule has 0 fully saturated rings. The van der Waals surface area contributed by atoms with Crippen LogP contribution in [0.1, 0.15) is 24.2 Å². The van der Waals surface area contributed by atoms with E-state index in [0.717, 1.165) is 21.3 Å². The smallest absolute Gasteiger partial charge is 0.133 e. The average Bonchev–Trinajstić information content (AvgIpc) is 2.41. The number of benzene rings is 2. The highest BCUT2D eigenvalue weighted by atomic mass is 79.9. The predicted octanol–water partition coefficient (Wildman–Crippen LogP) is 3.93. The molecule has 0 aliphatic heterocycles. The third-order valence-corrected chi connectivity index (χ3v) is 3.31. The molecule has 2 nitrogen and oxygen atoms in total. The summed E-state index contributed by atoms with van der Waals surface area (Å²) in [5.41, 5.74) is 1.73. The molecule has 0 radical (unpaired) electrons. The standard InChI is InChI=1S/C15H15BrO2/c1-2-18-14-9-8-12(10-13(14)16)15(17)11-6-4-3-5-7-11/h3-10,15,17H,2H2,1H3. The zero-order valence-corrected chi connectivity index (χ0v) is 11.7. The molecular weight excluding hydrogens is 292 g/mol. The molecule has 0 heterocycles. The van der Waals surface area contributed by atoms with Crippen molar-refractivity contribution in [2.24, 2.45) is 0 Å². The van der Waals surface area contributed by atoms with E-state index in [9.17, 15) is 5.11 Å². The van der Waals surface area contributed by atoms with Crippen LogP contribution >= 0.6 is 15.9 Å². The molecule has 0 amide bonds. The Morgan fingerprint density at radius 3 is 2.44 bits per heavy atom. The van der Waals surface area contributed by atoms with E-state index in [1.54, 1.807) is 0 Å². The van der Waals surface area contributed by atoms with E-state index in [1.807, 2.05) is 55.5 Å². The number of aliphatic hydroxyl groups excluding tert-OH is 1. The Hall–Kier alpha value is -1.32. The van der Waals surface area contributed by atoms with Crippen LogP contribution in [0.25, 0.3) is 0 Å². The quantitative estimate of drug-likeness (QED) is 0.927. The minimum atomic E-state index is -0.613. The van der Waals surface area contributed by atoms with Crippen LogP contribution in [0.2, 0.25) is 0 Å². The summed E-state index contributed by atoms with van der Waals surface area (Å²) >= 11 is 3.45. The van der Waals surface area contributed by atoms with Gasteiger partial charge in [0.05, 0.1) is 11.1 Å². The van der Waals surface area contributed by atoms with Gasteiger partial charge < -0.3 is 9.84 Å². The molecular formula is C15H15BrO2. The van der Waals surface area contributed by atoms with Crippen molar-refractivity contribution >= 4 is 15.9 Å². The number of hydrogen-bond acceptors (Lipinski definition) is 2. The summed E-state index contributed by atoms with van der Waals surface area (Å²) < 4.78 is 6.31. The van der Waals surface area contributed by atoms with Crippen LogP contribution in [0.3, 0.4) is 0 Å². The maximum atomic E-state index is 10.3. The van der Waals surface area contributed by atoms with Crippen molar-refractivity contribution in [2.75, 3.05) is 6.61 Å². The van der Waals surface area contributed by atoms with E-state index < -0.39 is 6.10 Å². The van der Waals surface area contributed by atoms with Gasteiger partial charge in [0.2, 0.25) is 0 Å². The molecule has 0 saturated heterocycles. The van der Waals surface area contributed by atoms with Crippen LogP contribution < -0.4 is 4.74 Å². The lowest BCUT2D eigenvalue weighted by Crippen LogP contribution is -2.00. The highest BCUT2D eigenvalue weighted by Gasteiger charge is 2.11. The van der Waals surface area contributed by atoms with Gasteiger partial charge in [0.1, 0.15) is 11.9 Å². The molecule has 0 aliphatic rings. The Balaban J connectivity index is 2.26. The van der Waals surface area contributed by atoms with Crippen molar-refractivity contribution in [3.05, 3.63) is 64.1 Å². The molecule has 94 valence electrons. The first-order valence-corrected chi connectivity index (χ1v) is 6.67. The van der Waals surface area contributed by atoms with Crippen LogP contribution in [0.15, 0.2) is 53.0 Å². The van der Waals surface area contributed by atoms with Crippen molar-refractivity contribution in [1.82, 2.24) is 0 Å². The molecule has 0 bridgehead atoms. The van der Waals surface area contributed by atoms with E-state index in [-0.39, 0.29) is 0 Å². The molecule has 0 aliphatic carbocycles. The first-order chi connectivity index (χ1) is 8.72. The van der Waals surface area contributed by atoms with Gasteiger partial charge >= 0.3 is 0 Å². The SMILES string of the molecule is CCOc1ccc(C(O)c2ccccc2)cc1Br. The monoisotopic (exact) mass is 306 g/mol. The summed E-state index contributed by atoms with van der Waals surface area (Å²) in [5, 5.41) is 10.3. The zero-order valence-electron chi connectivity index (χ0n) is 10.1. The minimum Gasteiger partial charge on any atom is -0.493 e. The van der Waals surface area contributed by atoms with E-state index >= 15 is 0 Å². The summed E-state index contributed by atoms with van der Waals surface area (Å²) in [4.78, 5) is 0. The fraction of sp³-hybridized carbons (Fsp3) is 0.200. The molecule has 18 heavy (non-hydrogen) atoms. The number of aliphatic hydroxyl groups is 1. The van der Waals surface area contributed by atoms with E-state index in [0.29, 0.717) is 6.61 Å². The molecule has 1 unspecified atom stereocenters. The molecule has 2 aromatic rings. The highest BCUT2D eigenvalue weighted by molar-refractivity contribution is 9.10. The van der Waals surface area contributed by atoms with E-state index in [2.05, 4.69) is 15.9 Å². The second kappa shape index (κ2) is 6.03. The first-order valence-electron chi connectivity index (χ1n) is 5.87. The average molecular weight is 307 g/mol. The minimum absolute atomic E-state index is 0.613. The highest BCUT2D eigenvalue weighted by Crippen LogP contribution is 2.30. The number of hydrogen-bond donors (Lipinski definition) is 1. The fourth-order valence-electron chi connectivity index (χ4n) is 1.79. The topological polar surface area (TPSA) is 29.5 Å². The van der Waals surface area contributed by atoms with E-state index in [4.69, 9.17) is 4.74 Å². The van der Waals surface area contributed by atoms with Gasteiger partial charge in [0, 0.05) is 0 Å². The number of ether oxygens (including phenoxy) is 1. The molecule has 0 saturated carbocycles. The molecule has 0 aromatic heterocycles. The Morgan fingerprint density at radius 2 is 1.83 bits per heavy atom. The van der Waals surface area contributed by atoms with Crippen LogP contribution in [-0.4, -0.2) is 11.7 Å². The Morgan fingerprint density at radius 1 is 1.11 bits per heavy atom. The third-order valence-electron chi connectivity index (χ3n) is 2.69. The van der Waals surface area contributed by atoms with Gasteiger partial charge in [0.15, 0.2) is 0 Å². The number of rotatable bonds is 4. The zero-order chi connectivity index (χ0) is 13.0. The molecule has 1 N–H and O–H groups in total. The van der Waals surface area contributed by atoms with Gasteiger partial charge in [-0.15, -0.1) is 0 Å². The maximum absolute atomic E-state index is 10.3.